The molecular formula is C19H32NPSi2. The highest BCUT2D eigenvalue weighted by Crippen LogP contribution is 2.38. The molecular weight excluding hydrogens is 329 g/mol. The Labute approximate surface area is 146 Å². The summed E-state index contributed by atoms with van der Waals surface area (Å²) in [4.78, 5) is 3.18. The fourth-order valence-electron chi connectivity index (χ4n) is 3.70. The van der Waals surface area contributed by atoms with Crippen LogP contribution in [0.3, 0.4) is 0 Å². The van der Waals surface area contributed by atoms with E-state index >= 15 is 0 Å². The first kappa shape index (κ1) is 18.7. The maximum absolute atomic E-state index is 2.56. The van der Waals surface area contributed by atoms with Crippen LogP contribution in [0.1, 0.15) is 0 Å². The first-order valence-corrected chi connectivity index (χ1v) is 16.7. The van der Waals surface area contributed by atoms with Crippen LogP contribution in [0, 0.1) is 0 Å². The largest absolute Gasteiger partial charge is 0.377 e. The van der Waals surface area contributed by atoms with Crippen LogP contribution in [0.2, 0.25) is 39.3 Å². The Morgan fingerprint density at radius 1 is 0.826 bits per heavy atom. The van der Waals surface area contributed by atoms with E-state index in [1.165, 1.54) is 16.5 Å². The predicted octanol–water partition coefficient (Wildman–Crippen LogP) is 5.33. The lowest BCUT2D eigenvalue weighted by molar-refractivity contribution is 1.14. The lowest BCUT2D eigenvalue weighted by Crippen LogP contribution is -2.51. The van der Waals surface area contributed by atoms with Gasteiger partial charge in [0.05, 0.1) is 0 Å². The van der Waals surface area contributed by atoms with Crippen LogP contribution in [0.15, 0.2) is 36.4 Å². The van der Waals surface area contributed by atoms with Gasteiger partial charge < -0.3 is 4.90 Å². The maximum Gasteiger partial charge on any atom is 0.0492 e. The van der Waals surface area contributed by atoms with Crippen molar-refractivity contribution in [3.63, 3.8) is 0 Å². The molecule has 0 aliphatic heterocycles. The third kappa shape index (κ3) is 4.26. The van der Waals surface area contributed by atoms with Gasteiger partial charge in [0.15, 0.2) is 0 Å². The maximum atomic E-state index is 2.56. The number of rotatable bonds is 5. The fourth-order valence-corrected chi connectivity index (χ4v) is 19.4. The zero-order valence-electron chi connectivity index (χ0n) is 16.0. The van der Waals surface area contributed by atoms with Crippen molar-refractivity contribution in [2.75, 3.05) is 19.0 Å². The number of hydrogen-bond donors (Lipinski definition) is 0. The first-order chi connectivity index (χ1) is 10.5. The summed E-state index contributed by atoms with van der Waals surface area (Å²) in [5, 5.41) is 4.42. The SMILES string of the molecule is CN(C)c1cccc2cccc(PC([Si](C)(C)C)[Si](C)(C)C)c12. The van der Waals surface area contributed by atoms with E-state index < -0.39 is 16.1 Å². The highest BCUT2D eigenvalue weighted by Gasteiger charge is 2.37. The number of benzene rings is 2. The standard InChI is InChI=1S/C19H32NPSi2/c1-20(2)16-13-9-11-15-12-10-14-17(18(15)16)21-19(22(3,4)5)23(6,7)8/h9-14,19,21H,1-8H3. The lowest BCUT2D eigenvalue weighted by Gasteiger charge is -2.39. The Bertz CT molecular complexity index is 665. The second-order valence-corrected chi connectivity index (χ2v) is 22.6. The van der Waals surface area contributed by atoms with Gasteiger partial charge >= 0.3 is 0 Å². The van der Waals surface area contributed by atoms with Crippen molar-refractivity contribution in [2.45, 2.75) is 44.2 Å². The van der Waals surface area contributed by atoms with E-state index in [9.17, 15) is 0 Å². The summed E-state index contributed by atoms with van der Waals surface area (Å²) in [6.45, 7) is 15.3. The van der Waals surface area contributed by atoms with Gasteiger partial charge in [0.2, 0.25) is 0 Å². The van der Waals surface area contributed by atoms with E-state index in [0.717, 1.165) is 13.5 Å². The smallest absolute Gasteiger partial charge is 0.0492 e. The monoisotopic (exact) mass is 361 g/mol. The van der Waals surface area contributed by atoms with Gasteiger partial charge in [0.1, 0.15) is 0 Å². The van der Waals surface area contributed by atoms with Gasteiger partial charge in [-0.25, -0.2) is 0 Å². The van der Waals surface area contributed by atoms with Crippen LogP contribution in [-0.4, -0.2) is 35.1 Å². The second kappa shape index (κ2) is 6.70. The van der Waals surface area contributed by atoms with Crippen LogP contribution >= 0.6 is 8.58 Å². The van der Waals surface area contributed by atoms with Gasteiger partial charge in [-0.1, -0.05) is 78.2 Å². The molecule has 0 aliphatic carbocycles. The first-order valence-electron chi connectivity index (χ1n) is 8.47. The van der Waals surface area contributed by atoms with Crippen molar-refractivity contribution in [2.24, 2.45) is 0 Å². The summed E-state index contributed by atoms with van der Waals surface area (Å²) in [6, 6.07) is 13.6. The molecule has 4 heteroatoms. The Kier molecular flexibility index (Phi) is 5.45. The third-order valence-corrected chi connectivity index (χ3v) is 20.1. The van der Waals surface area contributed by atoms with Crippen molar-refractivity contribution in [1.29, 1.82) is 0 Å². The molecule has 0 fully saturated rings. The third-order valence-electron chi connectivity index (χ3n) is 4.40. The molecule has 0 radical (unpaired) electrons. The summed E-state index contributed by atoms with van der Waals surface area (Å²) in [7, 11) is 2.90. The van der Waals surface area contributed by atoms with E-state index in [1.54, 1.807) is 5.30 Å². The minimum absolute atomic E-state index is 0.927. The number of anilines is 1. The second-order valence-electron chi connectivity index (χ2n) is 8.88. The molecule has 0 spiro atoms. The summed E-state index contributed by atoms with van der Waals surface area (Å²) in [5.41, 5.74) is 1.36. The average Bonchev–Trinajstić information content (AvgIpc) is 2.41. The summed E-state index contributed by atoms with van der Waals surface area (Å²) >= 11 is 0. The van der Waals surface area contributed by atoms with Gasteiger partial charge in [0, 0.05) is 41.3 Å². The zero-order valence-corrected chi connectivity index (χ0v) is 19.0. The topological polar surface area (TPSA) is 3.24 Å². The minimum Gasteiger partial charge on any atom is -0.377 e. The van der Waals surface area contributed by atoms with Crippen LogP contribution in [0.4, 0.5) is 5.69 Å². The van der Waals surface area contributed by atoms with Crippen molar-refractivity contribution in [3.8, 4) is 0 Å². The van der Waals surface area contributed by atoms with E-state index in [1.807, 2.05) is 0 Å². The van der Waals surface area contributed by atoms with Gasteiger partial charge in [0.25, 0.3) is 0 Å². The van der Waals surface area contributed by atoms with Crippen molar-refractivity contribution < 1.29 is 0 Å². The molecule has 1 atom stereocenters. The van der Waals surface area contributed by atoms with Gasteiger partial charge in [-0.2, -0.15) is 0 Å². The van der Waals surface area contributed by atoms with Crippen molar-refractivity contribution in [1.82, 2.24) is 0 Å². The predicted molar refractivity (Wildman–Crippen MR) is 117 cm³/mol. The Morgan fingerprint density at radius 2 is 1.35 bits per heavy atom. The fraction of sp³-hybridized carbons (Fsp3) is 0.474. The Morgan fingerprint density at radius 3 is 1.83 bits per heavy atom. The van der Waals surface area contributed by atoms with Crippen molar-refractivity contribution in [3.05, 3.63) is 36.4 Å². The Hall–Kier alpha value is -0.636. The Balaban J connectivity index is 2.59. The van der Waals surface area contributed by atoms with Crippen LogP contribution in [0.5, 0.6) is 0 Å². The number of hydrogen-bond acceptors (Lipinski definition) is 1. The molecule has 0 bridgehead atoms. The van der Waals surface area contributed by atoms with E-state index in [2.05, 4.69) is 94.7 Å². The molecule has 2 aromatic rings. The molecule has 0 saturated carbocycles. The molecule has 1 nitrogen and oxygen atoms in total. The molecule has 0 heterocycles. The normalized spacial score (nSPS) is 13.4. The summed E-state index contributed by atoms with van der Waals surface area (Å²) in [5.74, 6) is 0. The lowest BCUT2D eigenvalue weighted by atomic mass is 10.1. The molecule has 0 N–H and O–H groups in total. The summed E-state index contributed by atoms with van der Waals surface area (Å²) in [6.07, 6.45) is 0. The summed E-state index contributed by atoms with van der Waals surface area (Å²) < 4.78 is 0. The molecule has 0 amide bonds. The molecule has 23 heavy (non-hydrogen) atoms. The van der Waals surface area contributed by atoms with Gasteiger partial charge in [-0.15, -0.1) is 0 Å². The van der Waals surface area contributed by atoms with Crippen LogP contribution in [-0.2, 0) is 0 Å². The quantitative estimate of drug-likeness (QED) is 0.514. The zero-order chi connectivity index (χ0) is 17.4. The van der Waals surface area contributed by atoms with Crippen LogP contribution in [0.25, 0.3) is 10.8 Å². The molecule has 1 unspecified atom stereocenters. The molecule has 2 rings (SSSR count). The van der Waals surface area contributed by atoms with E-state index in [4.69, 9.17) is 0 Å². The molecule has 0 saturated heterocycles. The van der Waals surface area contributed by atoms with Gasteiger partial charge in [-0.05, 0) is 21.7 Å². The highest BCUT2D eigenvalue weighted by atomic mass is 31.1. The number of nitrogens with zero attached hydrogens (tertiary/aromatic N) is 1. The highest BCUT2D eigenvalue weighted by molar-refractivity contribution is 7.56. The molecule has 0 aliphatic rings. The number of fused-ring (bicyclic) bond motifs is 1. The molecule has 2 aromatic carbocycles. The van der Waals surface area contributed by atoms with Crippen LogP contribution < -0.4 is 10.2 Å². The molecule has 0 aromatic heterocycles. The van der Waals surface area contributed by atoms with E-state index in [-0.39, 0.29) is 0 Å². The average molecular weight is 362 g/mol. The van der Waals surface area contributed by atoms with E-state index in [0.29, 0.717) is 0 Å². The van der Waals surface area contributed by atoms with Gasteiger partial charge in [-0.3, -0.25) is 0 Å². The molecule has 126 valence electrons. The van der Waals surface area contributed by atoms with Crippen molar-refractivity contribution >= 4 is 46.5 Å². The minimum atomic E-state index is -1.18.